The molecule has 1 saturated heterocycles. The SMILES string of the molecule is CC1CCCCN1C(C)CNC(=S)Nc1ccc(SC(F)F)cc1. The van der Waals surface area contributed by atoms with E-state index in [9.17, 15) is 8.78 Å². The molecule has 2 atom stereocenters. The fraction of sp³-hybridized carbons (Fsp3) is 0.588. The number of anilines is 1. The van der Waals surface area contributed by atoms with Gasteiger partial charge in [0.25, 0.3) is 5.76 Å². The Bertz CT molecular complexity index is 525. The van der Waals surface area contributed by atoms with Gasteiger partial charge in [0.15, 0.2) is 5.11 Å². The highest BCUT2D eigenvalue weighted by molar-refractivity contribution is 7.99. The fourth-order valence-corrected chi connectivity index (χ4v) is 3.73. The van der Waals surface area contributed by atoms with Crippen LogP contribution < -0.4 is 10.6 Å². The molecular formula is C17H25F2N3S2. The van der Waals surface area contributed by atoms with E-state index in [1.165, 1.54) is 19.3 Å². The van der Waals surface area contributed by atoms with Crippen molar-refractivity contribution < 1.29 is 8.78 Å². The summed E-state index contributed by atoms with van der Waals surface area (Å²) < 4.78 is 24.6. The Morgan fingerprint density at radius 1 is 1.33 bits per heavy atom. The number of hydrogen-bond donors (Lipinski definition) is 2. The van der Waals surface area contributed by atoms with Gasteiger partial charge in [-0.15, -0.1) is 0 Å². The molecule has 1 aromatic rings. The minimum absolute atomic E-state index is 0.421. The molecule has 0 radical (unpaired) electrons. The fourth-order valence-electron chi connectivity index (χ4n) is 3.03. The molecule has 7 heteroatoms. The van der Waals surface area contributed by atoms with Gasteiger partial charge in [-0.2, -0.15) is 8.78 Å². The van der Waals surface area contributed by atoms with Crippen molar-refractivity contribution in [2.45, 2.75) is 55.8 Å². The zero-order valence-corrected chi connectivity index (χ0v) is 15.7. The van der Waals surface area contributed by atoms with Crippen LogP contribution in [-0.4, -0.2) is 40.9 Å². The lowest BCUT2D eigenvalue weighted by molar-refractivity contribution is 0.116. The number of halogens is 2. The Kier molecular flexibility index (Phi) is 7.71. The summed E-state index contributed by atoms with van der Waals surface area (Å²) in [5.74, 6) is -2.40. The lowest BCUT2D eigenvalue weighted by atomic mass is 10.0. The second kappa shape index (κ2) is 9.53. The molecule has 0 aliphatic carbocycles. The summed E-state index contributed by atoms with van der Waals surface area (Å²) in [7, 11) is 0. The Balaban J connectivity index is 1.76. The topological polar surface area (TPSA) is 27.3 Å². The molecule has 24 heavy (non-hydrogen) atoms. The molecule has 1 aliphatic heterocycles. The van der Waals surface area contributed by atoms with Crippen molar-refractivity contribution in [3.8, 4) is 0 Å². The Labute approximate surface area is 152 Å². The predicted molar refractivity (Wildman–Crippen MR) is 102 cm³/mol. The molecular weight excluding hydrogens is 348 g/mol. The molecule has 1 fully saturated rings. The van der Waals surface area contributed by atoms with Crippen molar-refractivity contribution in [1.29, 1.82) is 0 Å². The van der Waals surface area contributed by atoms with Crippen molar-refractivity contribution in [2.75, 3.05) is 18.4 Å². The molecule has 134 valence electrons. The smallest absolute Gasteiger partial charge is 0.288 e. The maximum Gasteiger partial charge on any atom is 0.288 e. The number of hydrogen-bond acceptors (Lipinski definition) is 3. The average Bonchev–Trinajstić information content (AvgIpc) is 2.54. The third-order valence-corrected chi connectivity index (χ3v) is 5.28. The van der Waals surface area contributed by atoms with E-state index in [1.807, 2.05) is 0 Å². The number of nitrogens with zero attached hydrogens (tertiary/aromatic N) is 1. The lowest BCUT2D eigenvalue weighted by Crippen LogP contribution is -2.48. The van der Waals surface area contributed by atoms with E-state index in [4.69, 9.17) is 12.2 Å². The largest absolute Gasteiger partial charge is 0.361 e. The highest BCUT2D eigenvalue weighted by Crippen LogP contribution is 2.26. The van der Waals surface area contributed by atoms with Crippen molar-refractivity contribution in [1.82, 2.24) is 10.2 Å². The van der Waals surface area contributed by atoms with Crippen LogP contribution in [0.5, 0.6) is 0 Å². The first-order chi connectivity index (χ1) is 11.5. The molecule has 2 N–H and O–H groups in total. The van der Waals surface area contributed by atoms with Crippen LogP contribution in [0.2, 0.25) is 0 Å². The Morgan fingerprint density at radius 3 is 2.67 bits per heavy atom. The normalized spacial score (nSPS) is 20.0. The van der Waals surface area contributed by atoms with E-state index in [-0.39, 0.29) is 0 Å². The molecule has 2 unspecified atom stereocenters. The predicted octanol–water partition coefficient (Wildman–Crippen LogP) is 4.55. The first kappa shape index (κ1) is 19.4. The highest BCUT2D eigenvalue weighted by atomic mass is 32.2. The van der Waals surface area contributed by atoms with Gasteiger partial charge in [0, 0.05) is 29.2 Å². The number of alkyl halides is 2. The van der Waals surface area contributed by atoms with Crippen LogP contribution in [0.3, 0.4) is 0 Å². The summed E-state index contributed by atoms with van der Waals surface area (Å²) in [6.45, 7) is 6.43. The molecule has 0 saturated carbocycles. The monoisotopic (exact) mass is 373 g/mol. The first-order valence-corrected chi connectivity index (χ1v) is 9.60. The summed E-state index contributed by atoms with van der Waals surface area (Å²) in [5.41, 5.74) is 0.796. The van der Waals surface area contributed by atoms with E-state index < -0.39 is 5.76 Å². The van der Waals surface area contributed by atoms with Crippen LogP contribution in [0.1, 0.15) is 33.1 Å². The lowest BCUT2D eigenvalue weighted by Gasteiger charge is -2.38. The third kappa shape index (κ3) is 6.18. The van der Waals surface area contributed by atoms with Gasteiger partial charge in [-0.1, -0.05) is 18.2 Å². The van der Waals surface area contributed by atoms with E-state index >= 15 is 0 Å². The number of piperidine rings is 1. The number of rotatable bonds is 6. The summed E-state index contributed by atoms with van der Waals surface area (Å²) in [4.78, 5) is 3.07. The average molecular weight is 374 g/mol. The van der Waals surface area contributed by atoms with Crippen molar-refractivity contribution in [3.05, 3.63) is 24.3 Å². The molecule has 1 aromatic carbocycles. The molecule has 0 aromatic heterocycles. The van der Waals surface area contributed by atoms with Crippen molar-refractivity contribution in [3.63, 3.8) is 0 Å². The number of thioether (sulfide) groups is 1. The van der Waals surface area contributed by atoms with Crippen molar-refractivity contribution in [2.24, 2.45) is 0 Å². The highest BCUT2D eigenvalue weighted by Gasteiger charge is 2.22. The molecule has 0 spiro atoms. The second-order valence-electron chi connectivity index (χ2n) is 6.17. The van der Waals surface area contributed by atoms with Gasteiger partial charge in [0.2, 0.25) is 0 Å². The molecule has 3 nitrogen and oxygen atoms in total. The van der Waals surface area contributed by atoms with Gasteiger partial charge in [0.05, 0.1) is 0 Å². The number of nitrogens with one attached hydrogen (secondary N) is 2. The van der Waals surface area contributed by atoms with Crippen LogP contribution in [0.15, 0.2) is 29.2 Å². The number of thiocarbonyl (C=S) groups is 1. The summed E-state index contributed by atoms with van der Waals surface area (Å²) in [6, 6.07) is 7.89. The minimum atomic E-state index is -2.40. The van der Waals surface area contributed by atoms with Crippen LogP contribution in [0.4, 0.5) is 14.5 Å². The maximum absolute atomic E-state index is 12.3. The van der Waals surface area contributed by atoms with E-state index in [1.54, 1.807) is 24.3 Å². The van der Waals surface area contributed by atoms with Gasteiger partial charge in [-0.3, -0.25) is 4.90 Å². The summed E-state index contributed by atoms with van der Waals surface area (Å²) >= 11 is 5.86. The maximum atomic E-state index is 12.3. The number of benzene rings is 1. The van der Waals surface area contributed by atoms with Crippen molar-refractivity contribution >= 4 is 34.8 Å². The van der Waals surface area contributed by atoms with Gasteiger partial charge < -0.3 is 10.6 Å². The summed E-state index contributed by atoms with van der Waals surface area (Å²) in [5, 5.41) is 6.90. The molecule has 1 aliphatic rings. The third-order valence-electron chi connectivity index (χ3n) is 4.32. The Hall–Kier alpha value is -0.920. The van der Waals surface area contributed by atoms with E-state index in [0.717, 1.165) is 18.8 Å². The van der Waals surface area contributed by atoms with Crippen LogP contribution in [0.25, 0.3) is 0 Å². The Morgan fingerprint density at radius 2 is 2.04 bits per heavy atom. The van der Waals surface area contributed by atoms with Gasteiger partial charge in [-0.05, 0) is 69.7 Å². The van der Waals surface area contributed by atoms with E-state index in [0.29, 0.717) is 33.9 Å². The van der Waals surface area contributed by atoms with E-state index in [2.05, 4.69) is 29.4 Å². The number of likely N-dealkylation sites (tertiary alicyclic amines) is 1. The van der Waals surface area contributed by atoms with Crippen LogP contribution in [-0.2, 0) is 0 Å². The first-order valence-electron chi connectivity index (χ1n) is 8.31. The molecule has 2 rings (SSSR count). The summed E-state index contributed by atoms with van der Waals surface area (Å²) in [6.07, 6.45) is 3.84. The van der Waals surface area contributed by atoms with Gasteiger partial charge in [0.1, 0.15) is 0 Å². The van der Waals surface area contributed by atoms with Gasteiger partial charge in [-0.25, -0.2) is 0 Å². The molecule has 0 bridgehead atoms. The van der Waals surface area contributed by atoms with Gasteiger partial charge >= 0.3 is 0 Å². The minimum Gasteiger partial charge on any atom is -0.361 e. The zero-order valence-electron chi connectivity index (χ0n) is 14.1. The van der Waals surface area contributed by atoms with Crippen LogP contribution >= 0.6 is 24.0 Å². The second-order valence-corrected chi connectivity index (χ2v) is 7.64. The zero-order chi connectivity index (χ0) is 17.5. The van der Waals surface area contributed by atoms with Crippen LogP contribution in [0, 0.1) is 0 Å². The quantitative estimate of drug-likeness (QED) is 0.564. The standard InChI is InChI=1S/C17H25F2N3S2/c1-12-5-3-4-10-22(12)13(2)11-20-17(23)21-14-6-8-15(9-7-14)24-16(18)19/h6-9,12-13,16H,3-5,10-11H2,1-2H3,(H2,20,21,23). The molecule has 0 amide bonds. The molecule has 1 heterocycles.